The van der Waals surface area contributed by atoms with Crippen LogP contribution in [0.5, 0.6) is 0 Å². The molecule has 0 bridgehead atoms. The summed E-state index contributed by atoms with van der Waals surface area (Å²) in [5, 5.41) is 6.22. The predicted molar refractivity (Wildman–Crippen MR) is 74.4 cm³/mol. The Balaban J connectivity index is 0.00000120. The van der Waals surface area contributed by atoms with Gasteiger partial charge >= 0.3 is 0 Å². The molecule has 1 aromatic rings. The number of aryl methyl sites for hydroxylation is 2. The molecule has 2 aliphatic rings. The number of hydrogen-bond acceptors (Lipinski definition) is 2. The highest BCUT2D eigenvalue weighted by Gasteiger charge is 2.18. The molecule has 1 fully saturated rings. The van der Waals surface area contributed by atoms with Crippen molar-refractivity contribution in [2.24, 2.45) is 5.92 Å². The van der Waals surface area contributed by atoms with Crippen LogP contribution >= 0.6 is 12.4 Å². The Hall–Kier alpha value is -1.06. The largest absolute Gasteiger partial charge is 0.352 e. The van der Waals surface area contributed by atoms with Crippen LogP contribution in [0.25, 0.3) is 0 Å². The lowest BCUT2D eigenvalue weighted by molar-refractivity contribution is 0.0942. The second-order valence-electron chi connectivity index (χ2n) is 5.07. The minimum atomic E-state index is 0. The molecule has 0 spiro atoms. The Morgan fingerprint density at radius 2 is 2.06 bits per heavy atom. The second-order valence-corrected chi connectivity index (χ2v) is 5.07. The SMILES string of the molecule is Cl.O=C(NCC1CNC1)c1ccc2c(c1)CCC2. The molecule has 98 valence electrons. The van der Waals surface area contributed by atoms with Crippen molar-refractivity contribution >= 4 is 18.3 Å². The molecule has 1 saturated heterocycles. The standard InChI is InChI=1S/C14H18N2O.ClH/c17-14(16-9-10-7-15-8-10)13-5-4-11-2-1-3-12(11)6-13;/h4-6,10,15H,1-3,7-9H2,(H,16,17);1H. The van der Waals surface area contributed by atoms with E-state index >= 15 is 0 Å². The Kier molecular flexibility index (Phi) is 4.25. The van der Waals surface area contributed by atoms with Gasteiger partial charge in [-0.2, -0.15) is 0 Å². The Bertz CT molecular complexity index is 443. The second kappa shape index (κ2) is 5.72. The number of hydrogen-bond donors (Lipinski definition) is 2. The van der Waals surface area contributed by atoms with Crippen molar-refractivity contribution in [3.8, 4) is 0 Å². The fraction of sp³-hybridized carbons (Fsp3) is 0.500. The van der Waals surface area contributed by atoms with Crippen molar-refractivity contribution in [2.45, 2.75) is 19.3 Å². The van der Waals surface area contributed by atoms with Crippen LogP contribution < -0.4 is 10.6 Å². The molecule has 4 heteroatoms. The lowest BCUT2D eigenvalue weighted by atomic mass is 10.0. The number of carbonyl (C=O) groups is 1. The molecule has 1 heterocycles. The van der Waals surface area contributed by atoms with Gasteiger partial charge in [0.15, 0.2) is 0 Å². The summed E-state index contributed by atoms with van der Waals surface area (Å²) in [5.41, 5.74) is 3.60. The zero-order valence-electron chi connectivity index (χ0n) is 10.4. The van der Waals surface area contributed by atoms with Crippen LogP contribution in [0.2, 0.25) is 0 Å². The first-order chi connectivity index (χ1) is 8.33. The molecule has 0 saturated carbocycles. The lowest BCUT2D eigenvalue weighted by Crippen LogP contribution is -2.48. The fourth-order valence-electron chi connectivity index (χ4n) is 2.54. The third kappa shape index (κ3) is 2.68. The summed E-state index contributed by atoms with van der Waals surface area (Å²) >= 11 is 0. The van der Waals surface area contributed by atoms with Crippen molar-refractivity contribution in [1.29, 1.82) is 0 Å². The molecule has 2 N–H and O–H groups in total. The average Bonchev–Trinajstić information content (AvgIpc) is 2.73. The van der Waals surface area contributed by atoms with Crippen molar-refractivity contribution in [2.75, 3.05) is 19.6 Å². The quantitative estimate of drug-likeness (QED) is 0.872. The van der Waals surface area contributed by atoms with Gasteiger partial charge in [-0.3, -0.25) is 4.79 Å². The molecule has 0 radical (unpaired) electrons. The molecule has 18 heavy (non-hydrogen) atoms. The fourth-order valence-corrected chi connectivity index (χ4v) is 2.54. The highest BCUT2D eigenvalue weighted by molar-refractivity contribution is 5.94. The van der Waals surface area contributed by atoms with Gasteiger partial charge in [-0.15, -0.1) is 12.4 Å². The molecule has 1 amide bonds. The maximum Gasteiger partial charge on any atom is 0.251 e. The number of benzene rings is 1. The number of carbonyl (C=O) groups excluding carboxylic acids is 1. The molecular weight excluding hydrogens is 248 g/mol. The topological polar surface area (TPSA) is 41.1 Å². The van der Waals surface area contributed by atoms with Gasteiger partial charge in [0.2, 0.25) is 0 Å². The summed E-state index contributed by atoms with van der Waals surface area (Å²) in [4.78, 5) is 12.0. The highest BCUT2D eigenvalue weighted by atomic mass is 35.5. The monoisotopic (exact) mass is 266 g/mol. The summed E-state index contributed by atoms with van der Waals surface area (Å²) in [6.07, 6.45) is 3.53. The Morgan fingerprint density at radius 3 is 2.78 bits per heavy atom. The van der Waals surface area contributed by atoms with Crippen molar-refractivity contribution in [3.05, 3.63) is 34.9 Å². The van der Waals surface area contributed by atoms with Crippen LogP contribution in [0, 0.1) is 5.92 Å². The summed E-state index contributed by atoms with van der Waals surface area (Å²) in [6, 6.07) is 6.14. The van der Waals surface area contributed by atoms with E-state index in [1.165, 1.54) is 24.0 Å². The smallest absolute Gasteiger partial charge is 0.251 e. The number of rotatable bonds is 3. The van der Waals surface area contributed by atoms with E-state index in [0.717, 1.165) is 31.6 Å². The summed E-state index contributed by atoms with van der Waals surface area (Å²) < 4.78 is 0. The molecule has 1 aliphatic heterocycles. The summed E-state index contributed by atoms with van der Waals surface area (Å²) in [5.74, 6) is 0.694. The van der Waals surface area contributed by atoms with E-state index in [1.54, 1.807) is 0 Å². The van der Waals surface area contributed by atoms with Crippen LogP contribution in [0.3, 0.4) is 0 Å². The lowest BCUT2D eigenvalue weighted by Gasteiger charge is -2.27. The van der Waals surface area contributed by atoms with Gasteiger partial charge in [0.05, 0.1) is 0 Å². The zero-order chi connectivity index (χ0) is 11.7. The van der Waals surface area contributed by atoms with Crippen LogP contribution in [0.4, 0.5) is 0 Å². The maximum atomic E-state index is 12.0. The van der Waals surface area contributed by atoms with Crippen molar-refractivity contribution < 1.29 is 4.79 Å². The first kappa shape index (κ1) is 13.4. The van der Waals surface area contributed by atoms with Gasteiger partial charge in [-0.05, 0) is 42.5 Å². The van der Waals surface area contributed by atoms with Gasteiger partial charge in [0.25, 0.3) is 5.91 Å². The minimum Gasteiger partial charge on any atom is -0.352 e. The average molecular weight is 267 g/mol. The number of amides is 1. The van der Waals surface area contributed by atoms with Crippen LogP contribution in [0.15, 0.2) is 18.2 Å². The third-order valence-corrected chi connectivity index (χ3v) is 3.78. The zero-order valence-corrected chi connectivity index (χ0v) is 11.2. The van der Waals surface area contributed by atoms with E-state index in [2.05, 4.69) is 22.8 Å². The maximum absolute atomic E-state index is 12.0. The van der Waals surface area contributed by atoms with Gasteiger partial charge in [0.1, 0.15) is 0 Å². The van der Waals surface area contributed by atoms with E-state index in [-0.39, 0.29) is 18.3 Å². The molecule has 1 aromatic carbocycles. The van der Waals surface area contributed by atoms with Crippen molar-refractivity contribution in [1.82, 2.24) is 10.6 Å². The predicted octanol–water partition coefficient (Wildman–Crippen LogP) is 1.55. The van der Waals surface area contributed by atoms with Crippen molar-refractivity contribution in [3.63, 3.8) is 0 Å². The van der Waals surface area contributed by atoms with E-state index in [9.17, 15) is 4.79 Å². The van der Waals surface area contributed by atoms with Gasteiger partial charge < -0.3 is 10.6 Å². The number of nitrogens with one attached hydrogen (secondary N) is 2. The first-order valence-electron chi connectivity index (χ1n) is 6.43. The summed E-state index contributed by atoms with van der Waals surface area (Å²) in [6.45, 7) is 2.86. The summed E-state index contributed by atoms with van der Waals surface area (Å²) in [7, 11) is 0. The van der Waals surface area contributed by atoms with E-state index in [1.807, 2.05) is 6.07 Å². The minimum absolute atomic E-state index is 0. The number of fused-ring (bicyclic) bond motifs is 1. The third-order valence-electron chi connectivity index (χ3n) is 3.78. The Morgan fingerprint density at radius 1 is 1.28 bits per heavy atom. The first-order valence-corrected chi connectivity index (χ1v) is 6.43. The molecule has 0 unspecified atom stereocenters. The Labute approximate surface area is 114 Å². The van der Waals surface area contributed by atoms with E-state index in [0.29, 0.717) is 5.92 Å². The van der Waals surface area contributed by atoms with Gasteiger partial charge in [-0.1, -0.05) is 6.07 Å². The molecule has 0 atom stereocenters. The number of halogens is 1. The molecule has 1 aliphatic carbocycles. The van der Waals surface area contributed by atoms with Gasteiger partial charge in [0, 0.05) is 31.1 Å². The van der Waals surface area contributed by atoms with E-state index in [4.69, 9.17) is 0 Å². The molecule has 3 rings (SSSR count). The van der Waals surface area contributed by atoms with E-state index < -0.39 is 0 Å². The molecule has 0 aromatic heterocycles. The van der Waals surface area contributed by atoms with Crippen LogP contribution in [-0.2, 0) is 12.8 Å². The van der Waals surface area contributed by atoms with Crippen LogP contribution in [0.1, 0.15) is 27.9 Å². The molecule has 3 nitrogen and oxygen atoms in total. The highest BCUT2D eigenvalue weighted by Crippen LogP contribution is 2.22. The van der Waals surface area contributed by atoms with Gasteiger partial charge in [-0.25, -0.2) is 0 Å². The normalized spacial score (nSPS) is 17.6. The molecular formula is C14H19ClN2O. The van der Waals surface area contributed by atoms with Crippen LogP contribution in [-0.4, -0.2) is 25.5 Å².